The Morgan fingerprint density at radius 3 is 1.95 bits per heavy atom. The lowest BCUT2D eigenvalue weighted by molar-refractivity contribution is 0.152. The van der Waals surface area contributed by atoms with Crippen LogP contribution in [0.15, 0.2) is 53.7 Å². The molecule has 102 valence electrons. The molecule has 2 aromatic rings. The Morgan fingerprint density at radius 2 is 1.45 bits per heavy atom. The van der Waals surface area contributed by atoms with Gasteiger partial charge in [-0.15, -0.1) is 0 Å². The number of hydrogen-bond acceptors (Lipinski definition) is 5. The fourth-order valence-corrected chi connectivity index (χ4v) is 1.45. The van der Waals surface area contributed by atoms with Crippen LogP contribution in [0.25, 0.3) is 0 Å². The number of nitrogens with zero attached hydrogens (tertiary/aromatic N) is 1. The molecule has 2 rings (SSSR count). The molecular weight excluding hydrogens is 265 g/mol. The second kappa shape index (κ2) is 6.42. The quantitative estimate of drug-likeness (QED) is 0.485. The van der Waals surface area contributed by atoms with Crippen molar-refractivity contribution in [2.24, 2.45) is 5.18 Å². The number of ether oxygens (including phenoxy) is 2. The number of rotatable bonds is 4. The van der Waals surface area contributed by atoms with Crippen LogP contribution in [0.2, 0.25) is 0 Å². The van der Waals surface area contributed by atoms with Crippen molar-refractivity contribution >= 4 is 6.16 Å². The van der Waals surface area contributed by atoms with Crippen LogP contribution in [0.4, 0.5) is 9.18 Å². The lowest BCUT2D eigenvalue weighted by Gasteiger charge is -2.05. The van der Waals surface area contributed by atoms with E-state index in [0.29, 0.717) is 5.56 Å². The summed E-state index contributed by atoms with van der Waals surface area (Å²) >= 11 is 0. The average Bonchev–Trinajstić information content (AvgIpc) is 2.44. The summed E-state index contributed by atoms with van der Waals surface area (Å²) in [5.41, 5.74) is 0.708. The SMILES string of the molecule is O=NCc1ccc(OC(=O)Oc2ccc(F)cc2)cc1. The number of carbonyl (C=O) groups is 1. The fraction of sp³-hybridized carbons (Fsp3) is 0.0714. The highest BCUT2D eigenvalue weighted by Crippen LogP contribution is 2.16. The monoisotopic (exact) mass is 275 g/mol. The van der Waals surface area contributed by atoms with Crippen LogP contribution < -0.4 is 9.47 Å². The first-order chi connectivity index (χ1) is 9.67. The maximum absolute atomic E-state index is 12.7. The Kier molecular flexibility index (Phi) is 4.39. The summed E-state index contributed by atoms with van der Waals surface area (Å²) in [7, 11) is 0. The maximum Gasteiger partial charge on any atom is 0.519 e. The molecule has 0 N–H and O–H groups in total. The Balaban J connectivity index is 1.93. The van der Waals surface area contributed by atoms with Crippen molar-refractivity contribution in [1.29, 1.82) is 0 Å². The molecule has 5 nitrogen and oxygen atoms in total. The van der Waals surface area contributed by atoms with Gasteiger partial charge in [-0.25, -0.2) is 9.18 Å². The van der Waals surface area contributed by atoms with Gasteiger partial charge in [-0.2, -0.15) is 4.91 Å². The zero-order valence-corrected chi connectivity index (χ0v) is 10.3. The van der Waals surface area contributed by atoms with E-state index in [2.05, 4.69) is 5.18 Å². The van der Waals surface area contributed by atoms with Crippen molar-refractivity contribution in [3.63, 3.8) is 0 Å². The third-order valence-corrected chi connectivity index (χ3v) is 2.39. The van der Waals surface area contributed by atoms with Crippen LogP contribution in [0.3, 0.4) is 0 Å². The van der Waals surface area contributed by atoms with E-state index < -0.39 is 12.0 Å². The standard InChI is InChI=1S/C14H10FNO4/c15-11-3-7-13(8-4-11)20-14(17)19-12-5-1-10(2-6-12)9-16-18/h1-8H,9H2. The summed E-state index contributed by atoms with van der Waals surface area (Å²) in [6.45, 7) is 0.0559. The molecule has 0 aliphatic rings. The molecule has 0 aliphatic carbocycles. The van der Waals surface area contributed by atoms with Crippen molar-refractivity contribution < 1.29 is 18.7 Å². The summed E-state index contributed by atoms with van der Waals surface area (Å²) in [5, 5.41) is 2.75. The van der Waals surface area contributed by atoms with Gasteiger partial charge in [0.15, 0.2) is 0 Å². The lowest BCUT2D eigenvalue weighted by Crippen LogP contribution is -2.13. The van der Waals surface area contributed by atoms with Crippen LogP contribution in [-0.2, 0) is 6.54 Å². The van der Waals surface area contributed by atoms with Gasteiger partial charge in [-0.1, -0.05) is 17.3 Å². The van der Waals surface area contributed by atoms with Crippen molar-refractivity contribution in [3.8, 4) is 11.5 Å². The molecule has 0 aromatic heterocycles. The van der Waals surface area contributed by atoms with Crippen molar-refractivity contribution in [1.82, 2.24) is 0 Å². The molecule has 0 fully saturated rings. The highest BCUT2D eigenvalue weighted by molar-refractivity contribution is 5.67. The molecule has 2 aromatic carbocycles. The summed E-state index contributed by atoms with van der Waals surface area (Å²) in [5.74, 6) is 0.0232. The Labute approximate surface area is 113 Å². The van der Waals surface area contributed by atoms with Gasteiger partial charge in [0, 0.05) is 0 Å². The third-order valence-electron chi connectivity index (χ3n) is 2.39. The summed E-state index contributed by atoms with van der Waals surface area (Å²) in [6.07, 6.45) is -0.933. The van der Waals surface area contributed by atoms with Gasteiger partial charge in [0.2, 0.25) is 0 Å². The highest BCUT2D eigenvalue weighted by atomic mass is 19.1. The highest BCUT2D eigenvalue weighted by Gasteiger charge is 2.08. The molecule has 0 aliphatic heterocycles. The van der Waals surface area contributed by atoms with Gasteiger partial charge in [-0.3, -0.25) is 0 Å². The molecule has 0 heterocycles. The minimum Gasteiger partial charge on any atom is -0.395 e. The first-order valence-corrected chi connectivity index (χ1v) is 5.70. The number of halogens is 1. The summed E-state index contributed by atoms with van der Waals surface area (Å²) < 4.78 is 22.4. The molecule has 0 saturated heterocycles. The van der Waals surface area contributed by atoms with Crippen LogP contribution in [0.1, 0.15) is 5.56 Å². The van der Waals surface area contributed by atoms with Gasteiger partial charge < -0.3 is 9.47 Å². The van der Waals surface area contributed by atoms with E-state index in [0.717, 1.165) is 0 Å². The van der Waals surface area contributed by atoms with Gasteiger partial charge in [0.1, 0.15) is 23.9 Å². The maximum atomic E-state index is 12.7. The first-order valence-electron chi connectivity index (χ1n) is 5.70. The first kappa shape index (κ1) is 13.7. The second-order valence-electron chi connectivity index (χ2n) is 3.84. The van der Waals surface area contributed by atoms with E-state index >= 15 is 0 Å². The van der Waals surface area contributed by atoms with E-state index in [1.54, 1.807) is 12.1 Å². The molecule has 20 heavy (non-hydrogen) atoms. The minimum atomic E-state index is -0.933. The number of hydrogen-bond donors (Lipinski definition) is 0. The number of nitroso groups, excluding NO2 is 1. The van der Waals surface area contributed by atoms with Crippen LogP contribution in [-0.4, -0.2) is 6.16 Å². The molecule has 0 amide bonds. The third kappa shape index (κ3) is 3.88. The normalized spacial score (nSPS) is 9.85. The Hall–Kier alpha value is -2.76. The smallest absolute Gasteiger partial charge is 0.395 e. The predicted octanol–water partition coefficient (Wildman–Crippen LogP) is 3.67. The van der Waals surface area contributed by atoms with Crippen LogP contribution >= 0.6 is 0 Å². The molecule has 0 bridgehead atoms. The van der Waals surface area contributed by atoms with E-state index in [4.69, 9.17) is 9.47 Å². The molecule has 0 spiro atoms. The van der Waals surface area contributed by atoms with Gasteiger partial charge in [0.05, 0.1) is 0 Å². The van der Waals surface area contributed by atoms with Crippen LogP contribution in [0.5, 0.6) is 11.5 Å². The zero-order valence-electron chi connectivity index (χ0n) is 10.3. The fourth-order valence-electron chi connectivity index (χ4n) is 1.45. The van der Waals surface area contributed by atoms with Crippen LogP contribution in [0, 0.1) is 10.7 Å². The lowest BCUT2D eigenvalue weighted by atomic mass is 10.2. The predicted molar refractivity (Wildman–Crippen MR) is 69.0 cm³/mol. The van der Waals surface area contributed by atoms with Crippen molar-refractivity contribution in [3.05, 3.63) is 64.8 Å². The molecule has 0 radical (unpaired) electrons. The summed E-state index contributed by atoms with van der Waals surface area (Å²) in [6, 6.07) is 11.2. The minimum absolute atomic E-state index is 0.0559. The average molecular weight is 275 g/mol. The molecule has 0 saturated carbocycles. The Morgan fingerprint density at radius 1 is 0.950 bits per heavy atom. The van der Waals surface area contributed by atoms with E-state index in [-0.39, 0.29) is 18.0 Å². The number of benzene rings is 2. The van der Waals surface area contributed by atoms with E-state index in [9.17, 15) is 14.1 Å². The number of carbonyl (C=O) groups excluding carboxylic acids is 1. The van der Waals surface area contributed by atoms with E-state index in [1.807, 2.05) is 0 Å². The zero-order chi connectivity index (χ0) is 14.4. The Bertz CT molecular complexity index is 596. The topological polar surface area (TPSA) is 65.0 Å². The van der Waals surface area contributed by atoms with Gasteiger partial charge in [-0.05, 0) is 42.0 Å². The second-order valence-corrected chi connectivity index (χ2v) is 3.84. The largest absolute Gasteiger partial charge is 0.519 e. The molecule has 6 heteroatoms. The van der Waals surface area contributed by atoms with Crippen molar-refractivity contribution in [2.45, 2.75) is 6.54 Å². The van der Waals surface area contributed by atoms with E-state index in [1.165, 1.54) is 36.4 Å². The summed E-state index contributed by atoms with van der Waals surface area (Å²) in [4.78, 5) is 21.6. The molecule has 0 unspecified atom stereocenters. The van der Waals surface area contributed by atoms with Gasteiger partial charge >= 0.3 is 6.16 Å². The van der Waals surface area contributed by atoms with Gasteiger partial charge in [0.25, 0.3) is 0 Å². The van der Waals surface area contributed by atoms with Crippen molar-refractivity contribution in [2.75, 3.05) is 0 Å². The molecular formula is C14H10FNO4. The molecule has 0 atom stereocenters.